The Morgan fingerprint density at radius 1 is 1.18 bits per heavy atom. The summed E-state index contributed by atoms with van der Waals surface area (Å²) in [5.41, 5.74) is 3.67. The summed E-state index contributed by atoms with van der Waals surface area (Å²) in [5.74, 6) is 2.86. The predicted molar refractivity (Wildman–Crippen MR) is 156 cm³/mol. The number of halogens is 2. The van der Waals surface area contributed by atoms with E-state index in [9.17, 15) is 9.90 Å². The van der Waals surface area contributed by atoms with Crippen molar-refractivity contribution in [3.8, 4) is 23.6 Å². The van der Waals surface area contributed by atoms with Gasteiger partial charge in [-0.3, -0.25) is 0 Å². The molecule has 40 heavy (non-hydrogen) atoms. The molecule has 2 saturated heterocycles. The van der Waals surface area contributed by atoms with Gasteiger partial charge in [0, 0.05) is 29.1 Å². The monoisotopic (exact) mass is 593 g/mol. The molecule has 7 rings (SSSR count). The van der Waals surface area contributed by atoms with Crippen LogP contribution in [0.1, 0.15) is 71.7 Å². The summed E-state index contributed by atoms with van der Waals surface area (Å²) in [4.78, 5) is 18.9. The number of aromatic carboxylic acids is 1. The number of rotatable bonds is 7. The molecule has 2 aliphatic heterocycles. The quantitative estimate of drug-likeness (QED) is 0.221. The summed E-state index contributed by atoms with van der Waals surface area (Å²) in [6.45, 7) is 0.390. The number of nitrogens with zero attached hydrogens (tertiary/aromatic N) is 3. The fourth-order valence-electron chi connectivity index (χ4n) is 6.19. The maximum atomic E-state index is 11.6. The summed E-state index contributed by atoms with van der Waals surface area (Å²) in [7, 11) is 0. The molecule has 0 radical (unpaired) electrons. The van der Waals surface area contributed by atoms with E-state index in [0.29, 0.717) is 57.0 Å². The van der Waals surface area contributed by atoms with Crippen molar-refractivity contribution in [3.05, 3.63) is 62.8 Å². The smallest absolute Gasteiger partial charge is 0.335 e. The average Bonchev–Trinajstić information content (AvgIpc) is 3.46. The second kappa shape index (κ2) is 10.1. The molecule has 1 unspecified atom stereocenters. The van der Waals surface area contributed by atoms with Crippen LogP contribution in [0.25, 0.3) is 21.5 Å². The van der Waals surface area contributed by atoms with Crippen molar-refractivity contribution in [1.29, 1.82) is 0 Å². The topological polar surface area (TPSA) is 88.7 Å². The predicted octanol–water partition coefficient (Wildman–Crippen LogP) is 7.53. The Balaban J connectivity index is 1.12. The van der Waals surface area contributed by atoms with Gasteiger partial charge in [-0.25, -0.2) is 9.78 Å². The molecule has 3 fully saturated rings. The summed E-state index contributed by atoms with van der Waals surface area (Å²) in [5, 5.41) is 15.8. The van der Waals surface area contributed by atoms with E-state index < -0.39 is 5.97 Å². The maximum absolute atomic E-state index is 11.6. The number of carboxylic acids is 1. The van der Waals surface area contributed by atoms with Gasteiger partial charge in [0.15, 0.2) is 5.13 Å². The molecule has 2 bridgehead atoms. The minimum absolute atomic E-state index is 0.0829. The van der Waals surface area contributed by atoms with Crippen LogP contribution >= 0.6 is 34.5 Å². The maximum Gasteiger partial charge on any atom is 0.335 e. The number of hydrogen-bond donors (Lipinski definition) is 1. The van der Waals surface area contributed by atoms with Gasteiger partial charge < -0.3 is 19.3 Å². The van der Waals surface area contributed by atoms with Gasteiger partial charge in [-0.05, 0) is 62.8 Å². The number of carbonyl (C=O) groups is 1. The standard InChI is InChI=1S/C30H25Cl2N3O4S/c1-2-15-10-17(29(36)37)11-24-26(15)33-30(40-24)35-18-8-9-19(35)13-20(12-18)38-14-21-27(34-39-28(21)16-6-7-16)25-22(31)4-3-5-23(25)32/h1,3-5,10-11,16,18-20H,6-9,12-14H2,(H,36,37)/t18-,19+,20?. The number of ether oxygens (including phenoxy) is 1. The van der Waals surface area contributed by atoms with Crippen LogP contribution in [-0.2, 0) is 11.3 Å². The third kappa shape index (κ3) is 4.46. The molecule has 3 atom stereocenters. The van der Waals surface area contributed by atoms with Gasteiger partial charge in [-0.15, -0.1) is 6.42 Å². The van der Waals surface area contributed by atoms with Crippen LogP contribution in [-0.4, -0.2) is 39.4 Å². The lowest BCUT2D eigenvalue weighted by Crippen LogP contribution is -2.45. The van der Waals surface area contributed by atoms with Crippen molar-refractivity contribution < 1.29 is 19.2 Å². The minimum Gasteiger partial charge on any atom is -0.478 e. The highest BCUT2D eigenvalue weighted by Gasteiger charge is 2.43. The van der Waals surface area contributed by atoms with E-state index in [-0.39, 0.29) is 11.7 Å². The summed E-state index contributed by atoms with van der Waals surface area (Å²) in [6.07, 6.45) is 11.8. The number of anilines is 1. The van der Waals surface area contributed by atoms with Crippen LogP contribution in [0, 0.1) is 12.3 Å². The first-order chi connectivity index (χ1) is 19.4. The number of carboxylic acid groups (broad SMARTS) is 1. The lowest BCUT2D eigenvalue weighted by Gasteiger charge is -2.38. The first-order valence-electron chi connectivity index (χ1n) is 13.4. The molecule has 1 aliphatic carbocycles. The van der Waals surface area contributed by atoms with Crippen molar-refractivity contribution >= 4 is 55.9 Å². The number of benzene rings is 2. The van der Waals surface area contributed by atoms with Crippen molar-refractivity contribution in [2.75, 3.05) is 4.90 Å². The lowest BCUT2D eigenvalue weighted by molar-refractivity contribution is 0.0147. The Morgan fingerprint density at radius 2 is 1.90 bits per heavy atom. The van der Waals surface area contributed by atoms with Gasteiger partial charge in [-0.2, -0.15) is 0 Å². The molecule has 204 valence electrons. The molecule has 0 amide bonds. The molecule has 10 heteroatoms. The number of thiazole rings is 1. The first-order valence-corrected chi connectivity index (χ1v) is 15.0. The van der Waals surface area contributed by atoms with Crippen LogP contribution in [0.2, 0.25) is 10.0 Å². The van der Waals surface area contributed by atoms with E-state index in [0.717, 1.165) is 59.7 Å². The normalized spacial score (nSPS) is 22.1. The second-order valence-electron chi connectivity index (χ2n) is 10.8. The van der Waals surface area contributed by atoms with Gasteiger partial charge in [0.2, 0.25) is 0 Å². The lowest BCUT2D eigenvalue weighted by atomic mass is 10.00. The minimum atomic E-state index is -0.996. The Hall–Kier alpha value is -3.09. The summed E-state index contributed by atoms with van der Waals surface area (Å²) in [6, 6.07) is 9.21. The third-order valence-electron chi connectivity index (χ3n) is 8.23. The molecule has 4 aromatic rings. The van der Waals surface area contributed by atoms with Crippen molar-refractivity contribution in [1.82, 2.24) is 10.1 Å². The van der Waals surface area contributed by atoms with Crippen LogP contribution in [0.3, 0.4) is 0 Å². The summed E-state index contributed by atoms with van der Waals surface area (Å²) >= 11 is 14.6. The van der Waals surface area contributed by atoms with E-state index in [1.54, 1.807) is 6.07 Å². The molecular weight excluding hydrogens is 569 g/mol. The van der Waals surface area contributed by atoms with Gasteiger partial charge in [0.25, 0.3) is 0 Å². The van der Waals surface area contributed by atoms with Gasteiger partial charge in [-0.1, -0.05) is 51.7 Å². The fourth-order valence-corrected chi connectivity index (χ4v) is 7.94. The third-order valence-corrected chi connectivity index (χ3v) is 9.87. The van der Waals surface area contributed by atoms with Gasteiger partial charge in [0.05, 0.1) is 44.1 Å². The van der Waals surface area contributed by atoms with E-state index >= 15 is 0 Å². The second-order valence-corrected chi connectivity index (χ2v) is 12.6. The molecular formula is C30H25Cl2N3O4S. The molecule has 3 aliphatic rings. The Kier molecular flexibility index (Phi) is 6.51. The fraction of sp³-hybridized carbons (Fsp3) is 0.367. The molecule has 0 spiro atoms. The van der Waals surface area contributed by atoms with Gasteiger partial charge in [0.1, 0.15) is 11.5 Å². The zero-order valence-corrected chi connectivity index (χ0v) is 23.7. The highest BCUT2D eigenvalue weighted by atomic mass is 35.5. The van der Waals surface area contributed by atoms with Crippen molar-refractivity contribution in [3.63, 3.8) is 0 Å². The zero-order valence-electron chi connectivity index (χ0n) is 21.4. The van der Waals surface area contributed by atoms with Crippen LogP contribution in [0.15, 0.2) is 34.9 Å². The van der Waals surface area contributed by atoms with Crippen molar-refractivity contribution in [2.45, 2.75) is 69.2 Å². The van der Waals surface area contributed by atoms with Gasteiger partial charge >= 0.3 is 5.97 Å². The zero-order chi connectivity index (χ0) is 27.5. The molecule has 4 heterocycles. The number of piperidine rings is 1. The van der Waals surface area contributed by atoms with E-state index in [1.165, 1.54) is 17.4 Å². The average molecular weight is 595 g/mol. The summed E-state index contributed by atoms with van der Waals surface area (Å²) < 4.78 is 13.2. The number of hydrogen-bond acceptors (Lipinski definition) is 7. The SMILES string of the molecule is C#Cc1cc(C(=O)O)cc2sc(N3[C@@H]4CC[C@H]3CC(OCc3c(-c5c(Cl)cccc5Cl)noc3C3CC3)C4)nc12. The highest BCUT2D eigenvalue weighted by molar-refractivity contribution is 7.22. The van der Waals surface area contributed by atoms with E-state index in [2.05, 4.69) is 16.0 Å². The molecule has 7 nitrogen and oxygen atoms in total. The molecule has 1 saturated carbocycles. The van der Waals surface area contributed by atoms with Crippen LogP contribution in [0.5, 0.6) is 0 Å². The van der Waals surface area contributed by atoms with Crippen LogP contribution in [0.4, 0.5) is 5.13 Å². The molecule has 1 N–H and O–H groups in total. The Labute approximate surface area is 245 Å². The van der Waals surface area contributed by atoms with Crippen LogP contribution < -0.4 is 4.90 Å². The van der Waals surface area contributed by atoms with E-state index in [4.69, 9.17) is 43.9 Å². The first kappa shape index (κ1) is 25.8. The van der Waals surface area contributed by atoms with Crippen molar-refractivity contribution in [2.24, 2.45) is 0 Å². The number of terminal acetylenes is 1. The molecule has 2 aromatic heterocycles. The Morgan fingerprint density at radius 3 is 2.55 bits per heavy atom. The number of aromatic nitrogens is 2. The van der Waals surface area contributed by atoms with E-state index in [1.807, 2.05) is 18.2 Å². The highest BCUT2D eigenvalue weighted by Crippen LogP contribution is 2.47. The number of fused-ring (bicyclic) bond motifs is 3. The molecule has 2 aromatic carbocycles. The Bertz CT molecular complexity index is 1650. The largest absolute Gasteiger partial charge is 0.478 e.